The lowest BCUT2D eigenvalue weighted by Crippen LogP contribution is -2.56. The Bertz CT molecular complexity index is 961. The molecule has 1 aromatic heterocycles. The third-order valence-corrected chi connectivity index (χ3v) is 4.56. The molecule has 0 aromatic carbocycles. The summed E-state index contributed by atoms with van der Waals surface area (Å²) in [7, 11) is 0. The summed E-state index contributed by atoms with van der Waals surface area (Å²) in [5.41, 5.74) is -2.26. The van der Waals surface area contributed by atoms with Gasteiger partial charge in [0.25, 0.3) is 0 Å². The van der Waals surface area contributed by atoms with Gasteiger partial charge in [-0.05, 0) is 6.42 Å². The maximum Gasteiger partial charge on any atom is 0.336 e. The van der Waals surface area contributed by atoms with Crippen LogP contribution in [0.4, 0.5) is 0 Å². The first kappa shape index (κ1) is 29.2. The largest absolute Gasteiger partial charge is 0.375 e. The number of ether oxygens (including phenoxy) is 4. The fourth-order valence-electron chi connectivity index (χ4n) is 3.05. The highest BCUT2D eigenvalue weighted by Gasteiger charge is 2.21. The zero-order valence-corrected chi connectivity index (χ0v) is 20.1. The Balaban J connectivity index is 3.42. The molecule has 0 aliphatic carbocycles. The van der Waals surface area contributed by atoms with Crippen molar-refractivity contribution in [3.8, 4) is 0 Å². The smallest absolute Gasteiger partial charge is 0.336 e. The second kappa shape index (κ2) is 16.8. The Morgan fingerprint density at radius 2 is 1.18 bits per heavy atom. The molecule has 1 rings (SSSR count). The SMILES string of the molecule is C=CCOCC(Cn1c(=O)n(CC=C)c(=O)n(CC(COCC=C)OCCC)c1=O)OCC=C. The van der Waals surface area contributed by atoms with Gasteiger partial charge >= 0.3 is 17.1 Å². The molecule has 2 unspecified atom stereocenters. The Morgan fingerprint density at radius 3 is 1.62 bits per heavy atom. The summed E-state index contributed by atoms with van der Waals surface area (Å²) < 4.78 is 25.3. The van der Waals surface area contributed by atoms with Crippen LogP contribution in [0.15, 0.2) is 65.0 Å². The first-order chi connectivity index (χ1) is 16.4. The standard InChI is InChI=1S/C24H37N3O7/c1-6-11-25-22(28)26(16-20(33-14-9-4)18-31-12-7-2)24(30)27(23(25)29)17-21(34-15-10-5)19-32-13-8-3/h6-9,20-21H,1-4,10-19H2,5H3. The van der Waals surface area contributed by atoms with Gasteiger partial charge in [0.15, 0.2) is 0 Å². The summed E-state index contributed by atoms with van der Waals surface area (Å²) in [4.78, 5) is 39.3. The molecule has 0 saturated carbocycles. The van der Waals surface area contributed by atoms with E-state index in [1.165, 1.54) is 6.08 Å². The fraction of sp³-hybridized carbons (Fsp3) is 0.542. The van der Waals surface area contributed by atoms with Crippen molar-refractivity contribution in [1.29, 1.82) is 0 Å². The lowest BCUT2D eigenvalue weighted by atomic mass is 10.3. The lowest BCUT2D eigenvalue weighted by Gasteiger charge is -2.21. The van der Waals surface area contributed by atoms with E-state index >= 15 is 0 Å². The van der Waals surface area contributed by atoms with Gasteiger partial charge in [0.2, 0.25) is 0 Å². The van der Waals surface area contributed by atoms with Crippen LogP contribution in [0.1, 0.15) is 13.3 Å². The second-order valence-corrected chi connectivity index (χ2v) is 7.36. The normalized spacial score (nSPS) is 12.7. The molecule has 1 heterocycles. The molecule has 2 atom stereocenters. The van der Waals surface area contributed by atoms with Gasteiger partial charge in [-0.15, -0.1) is 26.3 Å². The molecular weight excluding hydrogens is 442 g/mol. The van der Waals surface area contributed by atoms with Crippen molar-refractivity contribution in [2.75, 3.05) is 39.6 Å². The van der Waals surface area contributed by atoms with E-state index in [0.717, 1.165) is 20.1 Å². The van der Waals surface area contributed by atoms with E-state index in [1.807, 2.05) is 6.92 Å². The summed E-state index contributed by atoms with van der Waals surface area (Å²) in [6.07, 6.45) is 5.70. The summed E-state index contributed by atoms with van der Waals surface area (Å²) in [6, 6.07) is 0. The van der Waals surface area contributed by atoms with Crippen molar-refractivity contribution < 1.29 is 18.9 Å². The van der Waals surface area contributed by atoms with Gasteiger partial charge in [0.1, 0.15) is 0 Å². The van der Waals surface area contributed by atoms with Crippen molar-refractivity contribution in [2.45, 2.75) is 45.2 Å². The highest BCUT2D eigenvalue weighted by molar-refractivity contribution is 4.84. The van der Waals surface area contributed by atoms with Gasteiger partial charge in [-0.2, -0.15) is 0 Å². The third-order valence-electron chi connectivity index (χ3n) is 4.56. The second-order valence-electron chi connectivity index (χ2n) is 7.36. The van der Waals surface area contributed by atoms with Crippen molar-refractivity contribution >= 4 is 0 Å². The van der Waals surface area contributed by atoms with Crippen LogP contribution < -0.4 is 17.1 Å². The highest BCUT2D eigenvalue weighted by Crippen LogP contribution is 2.00. The molecule has 0 spiro atoms. The Hall–Kier alpha value is -2.79. The monoisotopic (exact) mass is 479 g/mol. The van der Waals surface area contributed by atoms with Crippen LogP contribution >= 0.6 is 0 Å². The maximum absolute atomic E-state index is 13.3. The zero-order chi connectivity index (χ0) is 25.3. The molecule has 0 aliphatic rings. The van der Waals surface area contributed by atoms with Crippen molar-refractivity contribution in [3.63, 3.8) is 0 Å². The quantitative estimate of drug-likeness (QED) is 0.204. The van der Waals surface area contributed by atoms with Crippen LogP contribution in [0, 0.1) is 0 Å². The van der Waals surface area contributed by atoms with E-state index in [9.17, 15) is 14.4 Å². The molecule has 0 N–H and O–H groups in total. The molecule has 34 heavy (non-hydrogen) atoms. The van der Waals surface area contributed by atoms with Crippen LogP contribution in [0.5, 0.6) is 0 Å². The van der Waals surface area contributed by atoms with E-state index in [-0.39, 0.29) is 46.1 Å². The van der Waals surface area contributed by atoms with Gasteiger partial charge in [0.05, 0.1) is 64.9 Å². The van der Waals surface area contributed by atoms with Gasteiger partial charge < -0.3 is 18.9 Å². The van der Waals surface area contributed by atoms with Crippen LogP contribution in [-0.2, 0) is 38.6 Å². The number of hydrogen-bond acceptors (Lipinski definition) is 7. The molecule has 0 amide bonds. The number of allylic oxidation sites excluding steroid dienone is 1. The van der Waals surface area contributed by atoms with Crippen LogP contribution in [0.3, 0.4) is 0 Å². The van der Waals surface area contributed by atoms with Crippen LogP contribution in [0.25, 0.3) is 0 Å². The van der Waals surface area contributed by atoms with E-state index in [1.54, 1.807) is 18.2 Å². The van der Waals surface area contributed by atoms with E-state index in [2.05, 4.69) is 26.3 Å². The Morgan fingerprint density at radius 1 is 0.706 bits per heavy atom. The van der Waals surface area contributed by atoms with E-state index in [0.29, 0.717) is 13.2 Å². The van der Waals surface area contributed by atoms with Crippen molar-refractivity contribution in [1.82, 2.24) is 13.7 Å². The predicted octanol–water partition coefficient (Wildman–Crippen LogP) is 1.13. The third kappa shape index (κ3) is 9.22. The molecule has 0 aliphatic heterocycles. The lowest BCUT2D eigenvalue weighted by molar-refractivity contribution is -0.0211. The summed E-state index contributed by atoms with van der Waals surface area (Å²) >= 11 is 0. The summed E-state index contributed by atoms with van der Waals surface area (Å²) in [5.74, 6) is 0. The number of hydrogen-bond donors (Lipinski definition) is 0. The van der Waals surface area contributed by atoms with Crippen molar-refractivity contribution in [3.05, 3.63) is 82.1 Å². The summed E-state index contributed by atoms with van der Waals surface area (Å²) in [5, 5.41) is 0. The molecule has 10 heteroatoms. The van der Waals surface area contributed by atoms with Crippen molar-refractivity contribution in [2.24, 2.45) is 0 Å². The number of rotatable bonds is 20. The van der Waals surface area contributed by atoms with Gasteiger partial charge in [0, 0.05) is 6.61 Å². The number of nitrogens with zero attached hydrogens (tertiary/aromatic N) is 3. The molecule has 0 bridgehead atoms. The van der Waals surface area contributed by atoms with Gasteiger partial charge in [-0.25, -0.2) is 28.1 Å². The van der Waals surface area contributed by atoms with Crippen LogP contribution in [-0.4, -0.2) is 65.6 Å². The maximum atomic E-state index is 13.3. The first-order valence-electron chi connectivity index (χ1n) is 11.2. The fourth-order valence-corrected chi connectivity index (χ4v) is 3.05. The molecule has 0 saturated heterocycles. The van der Waals surface area contributed by atoms with Gasteiger partial charge in [-0.3, -0.25) is 0 Å². The molecule has 190 valence electrons. The van der Waals surface area contributed by atoms with Crippen LogP contribution in [0.2, 0.25) is 0 Å². The minimum atomic E-state index is -0.764. The minimum absolute atomic E-state index is 0.0590. The Kier molecular flexibility index (Phi) is 14.4. The molecule has 1 aromatic rings. The number of aromatic nitrogens is 3. The first-order valence-corrected chi connectivity index (χ1v) is 11.2. The topological polar surface area (TPSA) is 103 Å². The minimum Gasteiger partial charge on any atom is -0.375 e. The summed E-state index contributed by atoms with van der Waals surface area (Å²) in [6.45, 7) is 17.6. The highest BCUT2D eigenvalue weighted by atomic mass is 16.5. The van der Waals surface area contributed by atoms with E-state index < -0.39 is 29.3 Å². The predicted molar refractivity (Wildman–Crippen MR) is 131 cm³/mol. The molecule has 0 radical (unpaired) electrons. The average Bonchev–Trinajstić information content (AvgIpc) is 2.83. The van der Waals surface area contributed by atoms with E-state index in [4.69, 9.17) is 18.9 Å². The molecule has 0 fully saturated rings. The molecular formula is C24H37N3O7. The van der Waals surface area contributed by atoms with Gasteiger partial charge in [-0.1, -0.05) is 31.2 Å². The Labute approximate surface area is 200 Å². The zero-order valence-electron chi connectivity index (χ0n) is 20.1. The molecule has 10 nitrogen and oxygen atoms in total. The average molecular weight is 480 g/mol.